The van der Waals surface area contributed by atoms with Gasteiger partial charge in [-0.3, -0.25) is 4.98 Å². The molecule has 1 aliphatic rings. The topological polar surface area (TPSA) is 34.1 Å². The van der Waals surface area contributed by atoms with E-state index in [1.807, 2.05) is 6.07 Å². The fourth-order valence-electron chi connectivity index (χ4n) is 4.59. The number of aromatic nitrogens is 1. The van der Waals surface area contributed by atoms with E-state index in [4.69, 9.17) is 16.3 Å². The molecule has 1 fully saturated rings. The van der Waals surface area contributed by atoms with Gasteiger partial charge in [-0.1, -0.05) is 46.2 Å². The van der Waals surface area contributed by atoms with Crippen molar-refractivity contribution < 1.29 is 4.74 Å². The van der Waals surface area contributed by atoms with Crippen molar-refractivity contribution in [2.45, 2.75) is 79.4 Å². The summed E-state index contributed by atoms with van der Waals surface area (Å²) in [4.78, 5) is 4.30. The maximum absolute atomic E-state index is 6.48. The smallest absolute Gasteiger partial charge is 0.0900 e. The van der Waals surface area contributed by atoms with Gasteiger partial charge in [0.15, 0.2) is 0 Å². The van der Waals surface area contributed by atoms with Gasteiger partial charge in [0.1, 0.15) is 0 Å². The Kier molecular flexibility index (Phi) is 6.78. The maximum Gasteiger partial charge on any atom is 0.0900 e. The fourth-order valence-corrected chi connectivity index (χ4v) is 4.81. The summed E-state index contributed by atoms with van der Waals surface area (Å²) >= 11 is 6.48. The molecule has 4 heteroatoms. The van der Waals surface area contributed by atoms with E-state index < -0.39 is 0 Å². The second-order valence-electron chi connectivity index (χ2n) is 9.47. The second-order valence-corrected chi connectivity index (χ2v) is 9.85. The standard InChI is InChI=1S/C21H35ClN2O/c1-20(2,3)14-21(4,5)15-7-9-16(10-8-15)24-17-11-12-23-18(13-25-6)19(17)22/h11-12,15-16H,7-10,13-14H2,1-6H3,(H,23,24)/t15-,16-. The molecule has 3 nitrogen and oxygen atoms in total. The maximum atomic E-state index is 6.48. The SMILES string of the molecule is COCc1nccc(N[C@H]2CC[C@H](C(C)(C)CC(C)(C)C)CC2)c1Cl. The van der Waals surface area contributed by atoms with Crippen molar-refractivity contribution in [2.24, 2.45) is 16.7 Å². The van der Waals surface area contributed by atoms with E-state index in [9.17, 15) is 0 Å². The highest BCUT2D eigenvalue weighted by Crippen LogP contribution is 2.45. The molecule has 0 bridgehead atoms. The van der Waals surface area contributed by atoms with Gasteiger partial charge in [0.25, 0.3) is 0 Å². The molecule has 0 saturated heterocycles. The molecule has 1 aromatic rings. The Morgan fingerprint density at radius 1 is 1.16 bits per heavy atom. The van der Waals surface area contributed by atoms with Gasteiger partial charge in [0.2, 0.25) is 0 Å². The van der Waals surface area contributed by atoms with Gasteiger partial charge >= 0.3 is 0 Å². The van der Waals surface area contributed by atoms with Crippen LogP contribution in [0.1, 0.15) is 72.4 Å². The van der Waals surface area contributed by atoms with E-state index in [0.29, 0.717) is 28.5 Å². The summed E-state index contributed by atoms with van der Waals surface area (Å²) in [7, 11) is 1.67. The molecule has 0 aromatic carbocycles. The van der Waals surface area contributed by atoms with Crippen molar-refractivity contribution in [3.8, 4) is 0 Å². The first-order valence-corrected chi connectivity index (χ1v) is 9.89. The largest absolute Gasteiger partial charge is 0.381 e. The van der Waals surface area contributed by atoms with E-state index in [1.54, 1.807) is 13.3 Å². The number of rotatable bonds is 6. The summed E-state index contributed by atoms with van der Waals surface area (Å²) in [5.41, 5.74) is 2.58. The Hall–Kier alpha value is -0.800. The van der Waals surface area contributed by atoms with Crippen LogP contribution in [0.3, 0.4) is 0 Å². The lowest BCUT2D eigenvalue weighted by molar-refractivity contribution is 0.0968. The summed E-state index contributed by atoms with van der Waals surface area (Å²) in [6, 6.07) is 2.47. The van der Waals surface area contributed by atoms with Crippen molar-refractivity contribution >= 4 is 17.3 Å². The van der Waals surface area contributed by atoms with E-state index in [1.165, 1.54) is 32.1 Å². The van der Waals surface area contributed by atoms with E-state index in [-0.39, 0.29) is 0 Å². The highest BCUT2D eigenvalue weighted by molar-refractivity contribution is 6.33. The fraction of sp³-hybridized carbons (Fsp3) is 0.762. The number of anilines is 1. The van der Waals surface area contributed by atoms with Gasteiger partial charge in [0, 0.05) is 19.3 Å². The number of methoxy groups -OCH3 is 1. The Labute approximate surface area is 158 Å². The van der Waals surface area contributed by atoms with E-state index in [0.717, 1.165) is 17.3 Å². The van der Waals surface area contributed by atoms with Crippen LogP contribution in [-0.4, -0.2) is 18.1 Å². The van der Waals surface area contributed by atoms with Crippen LogP contribution in [0.25, 0.3) is 0 Å². The minimum Gasteiger partial charge on any atom is -0.381 e. The molecule has 0 unspecified atom stereocenters. The van der Waals surface area contributed by atoms with Gasteiger partial charge < -0.3 is 10.1 Å². The average molecular weight is 367 g/mol. The zero-order valence-corrected chi connectivity index (χ0v) is 17.5. The van der Waals surface area contributed by atoms with Gasteiger partial charge in [0.05, 0.1) is 23.0 Å². The van der Waals surface area contributed by atoms with Crippen molar-refractivity contribution in [3.63, 3.8) is 0 Å². The third-order valence-corrected chi connectivity index (χ3v) is 5.84. The van der Waals surface area contributed by atoms with Crippen LogP contribution >= 0.6 is 11.6 Å². The molecule has 1 aliphatic carbocycles. The van der Waals surface area contributed by atoms with E-state index >= 15 is 0 Å². The zero-order chi connectivity index (χ0) is 18.7. The predicted molar refractivity (Wildman–Crippen MR) is 107 cm³/mol. The highest BCUT2D eigenvalue weighted by Gasteiger charge is 2.35. The first-order valence-electron chi connectivity index (χ1n) is 9.51. The Bertz CT molecular complexity index is 558. The molecular weight excluding hydrogens is 332 g/mol. The van der Waals surface area contributed by atoms with Crippen molar-refractivity contribution in [2.75, 3.05) is 12.4 Å². The number of nitrogens with zero attached hydrogens (tertiary/aromatic N) is 1. The second kappa shape index (κ2) is 8.26. The molecule has 1 aromatic heterocycles. The quantitative estimate of drug-likeness (QED) is 0.640. The Morgan fingerprint density at radius 2 is 1.80 bits per heavy atom. The molecule has 0 radical (unpaired) electrons. The summed E-state index contributed by atoms with van der Waals surface area (Å²) in [5, 5.41) is 4.33. The Balaban J connectivity index is 1.94. The Morgan fingerprint density at radius 3 is 2.36 bits per heavy atom. The van der Waals surface area contributed by atoms with Gasteiger partial charge in [-0.15, -0.1) is 0 Å². The lowest BCUT2D eigenvalue weighted by Crippen LogP contribution is -2.35. The minimum atomic E-state index is 0.390. The molecular formula is C21H35ClN2O. The molecule has 1 saturated carbocycles. The van der Waals surface area contributed by atoms with Crippen LogP contribution in [0.15, 0.2) is 12.3 Å². The molecule has 0 aliphatic heterocycles. The molecule has 142 valence electrons. The van der Waals surface area contributed by atoms with Gasteiger partial charge in [-0.2, -0.15) is 0 Å². The number of hydrogen-bond donors (Lipinski definition) is 1. The van der Waals surface area contributed by atoms with Crippen LogP contribution < -0.4 is 5.32 Å². The third kappa shape index (κ3) is 5.86. The molecule has 1 N–H and O–H groups in total. The first kappa shape index (κ1) is 20.5. The monoisotopic (exact) mass is 366 g/mol. The molecule has 0 amide bonds. The summed E-state index contributed by atoms with van der Waals surface area (Å²) in [6.07, 6.45) is 8.07. The third-order valence-electron chi connectivity index (χ3n) is 5.42. The van der Waals surface area contributed by atoms with Crippen LogP contribution in [0.2, 0.25) is 5.02 Å². The van der Waals surface area contributed by atoms with Gasteiger partial charge in [-0.25, -0.2) is 0 Å². The van der Waals surface area contributed by atoms with Crippen LogP contribution in [-0.2, 0) is 11.3 Å². The average Bonchev–Trinajstić information content (AvgIpc) is 2.50. The van der Waals surface area contributed by atoms with Crippen LogP contribution in [0.5, 0.6) is 0 Å². The molecule has 1 heterocycles. The summed E-state index contributed by atoms with van der Waals surface area (Å²) in [6.45, 7) is 12.4. The van der Waals surface area contributed by atoms with Crippen LogP contribution in [0, 0.1) is 16.7 Å². The van der Waals surface area contributed by atoms with Gasteiger partial charge in [-0.05, 0) is 54.9 Å². The van der Waals surface area contributed by atoms with Crippen molar-refractivity contribution in [3.05, 3.63) is 23.0 Å². The van der Waals surface area contributed by atoms with Crippen LogP contribution in [0.4, 0.5) is 5.69 Å². The number of nitrogens with one attached hydrogen (secondary N) is 1. The number of ether oxygens (including phenoxy) is 1. The zero-order valence-electron chi connectivity index (χ0n) is 16.8. The summed E-state index contributed by atoms with van der Waals surface area (Å²) < 4.78 is 5.17. The lowest BCUT2D eigenvalue weighted by atomic mass is 9.64. The highest BCUT2D eigenvalue weighted by atomic mass is 35.5. The van der Waals surface area contributed by atoms with Crippen molar-refractivity contribution in [1.29, 1.82) is 0 Å². The molecule has 2 rings (SSSR count). The normalized spacial score (nSPS) is 22.0. The van der Waals surface area contributed by atoms with Crippen molar-refractivity contribution in [1.82, 2.24) is 4.98 Å². The number of pyridine rings is 1. The molecule has 25 heavy (non-hydrogen) atoms. The molecule has 0 spiro atoms. The number of hydrogen-bond acceptors (Lipinski definition) is 3. The molecule has 0 atom stereocenters. The first-order chi connectivity index (χ1) is 11.6. The van der Waals surface area contributed by atoms with E-state index in [2.05, 4.69) is 44.9 Å². The lowest BCUT2D eigenvalue weighted by Gasteiger charge is -2.43. The number of halogens is 1. The predicted octanol–water partition coefficient (Wildman–Crippen LogP) is 6.31. The summed E-state index contributed by atoms with van der Waals surface area (Å²) in [5.74, 6) is 0.807. The minimum absolute atomic E-state index is 0.390.